The summed E-state index contributed by atoms with van der Waals surface area (Å²) in [4.78, 5) is 0. The van der Waals surface area contributed by atoms with E-state index >= 15 is 0 Å². The van der Waals surface area contributed by atoms with E-state index in [9.17, 15) is 5.11 Å². The van der Waals surface area contributed by atoms with E-state index in [1.807, 2.05) is 24.5 Å². The van der Waals surface area contributed by atoms with Gasteiger partial charge in [-0.05, 0) is 43.4 Å². The van der Waals surface area contributed by atoms with Crippen LogP contribution < -0.4 is 5.32 Å². The van der Waals surface area contributed by atoms with Gasteiger partial charge in [0, 0.05) is 29.4 Å². The van der Waals surface area contributed by atoms with Crippen molar-refractivity contribution in [3.05, 3.63) is 46.8 Å². The molecule has 0 aliphatic heterocycles. The van der Waals surface area contributed by atoms with Crippen LogP contribution in [0.3, 0.4) is 0 Å². The third-order valence-corrected chi connectivity index (χ3v) is 4.38. The molecule has 0 saturated heterocycles. The number of nitrogens with zero attached hydrogens (tertiary/aromatic N) is 1. The van der Waals surface area contributed by atoms with Gasteiger partial charge in [-0.25, -0.2) is 0 Å². The van der Waals surface area contributed by atoms with E-state index in [0.29, 0.717) is 11.7 Å². The molecule has 106 valence electrons. The molecule has 0 bridgehead atoms. The first-order chi connectivity index (χ1) is 9.58. The van der Waals surface area contributed by atoms with Gasteiger partial charge in [0.05, 0.1) is 6.20 Å². The molecule has 1 aromatic carbocycles. The average molecular weight is 271 g/mol. The number of aromatic hydroxyl groups is 1. The van der Waals surface area contributed by atoms with Crippen molar-refractivity contribution in [3.63, 3.8) is 0 Å². The lowest BCUT2D eigenvalue weighted by Crippen LogP contribution is -2.23. The van der Waals surface area contributed by atoms with Crippen LogP contribution in [0.15, 0.2) is 24.5 Å². The summed E-state index contributed by atoms with van der Waals surface area (Å²) in [5, 5.41) is 20.7. The van der Waals surface area contributed by atoms with E-state index < -0.39 is 0 Å². The Bertz CT molecular complexity index is 606. The Morgan fingerprint density at radius 2 is 2.20 bits per heavy atom. The summed E-state index contributed by atoms with van der Waals surface area (Å²) in [6.45, 7) is 6.48. The van der Waals surface area contributed by atoms with Gasteiger partial charge in [0.2, 0.25) is 0 Å². The predicted molar refractivity (Wildman–Crippen MR) is 78.8 cm³/mol. The van der Waals surface area contributed by atoms with Gasteiger partial charge in [-0.1, -0.05) is 13.0 Å². The zero-order chi connectivity index (χ0) is 14.3. The third-order valence-electron chi connectivity index (χ3n) is 4.38. The van der Waals surface area contributed by atoms with Crippen molar-refractivity contribution < 1.29 is 5.11 Å². The maximum absolute atomic E-state index is 10.2. The second-order valence-electron chi connectivity index (χ2n) is 5.84. The van der Waals surface area contributed by atoms with E-state index in [2.05, 4.69) is 36.3 Å². The van der Waals surface area contributed by atoms with E-state index in [-0.39, 0.29) is 12.1 Å². The van der Waals surface area contributed by atoms with Crippen LogP contribution in [0.25, 0.3) is 0 Å². The maximum Gasteiger partial charge on any atom is 0.120 e. The Hall–Kier alpha value is -1.81. The first-order valence-electron chi connectivity index (χ1n) is 7.15. The summed E-state index contributed by atoms with van der Waals surface area (Å²) in [5.74, 6) is 0.887. The Morgan fingerprint density at radius 3 is 2.90 bits per heavy atom. The molecule has 3 rings (SSSR count). The van der Waals surface area contributed by atoms with Gasteiger partial charge in [-0.3, -0.25) is 5.10 Å². The van der Waals surface area contributed by atoms with Gasteiger partial charge in [-0.2, -0.15) is 5.10 Å². The normalized spacial score (nSPS) is 22.8. The zero-order valence-electron chi connectivity index (χ0n) is 12.1. The fourth-order valence-electron chi connectivity index (χ4n) is 3.39. The Labute approximate surface area is 119 Å². The molecule has 0 spiro atoms. The summed E-state index contributed by atoms with van der Waals surface area (Å²) >= 11 is 0. The number of benzene rings is 1. The quantitative estimate of drug-likeness (QED) is 0.802. The van der Waals surface area contributed by atoms with Gasteiger partial charge in [0.25, 0.3) is 0 Å². The summed E-state index contributed by atoms with van der Waals surface area (Å²) in [5.41, 5.74) is 4.79. The number of phenolic OH excluding ortho intramolecular Hbond substituents is 1. The average Bonchev–Trinajstić information content (AvgIpc) is 3.03. The van der Waals surface area contributed by atoms with Crippen LogP contribution in [0.5, 0.6) is 5.75 Å². The van der Waals surface area contributed by atoms with E-state index in [0.717, 1.165) is 17.5 Å². The Balaban J connectivity index is 1.90. The molecule has 3 N–H and O–H groups in total. The molecular weight excluding hydrogens is 250 g/mol. The molecule has 2 aromatic rings. The third kappa shape index (κ3) is 2.10. The number of fused-ring (bicyclic) bond motifs is 1. The number of hydrogen-bond donors (Lipinski definition) is 3. The highest BCUT2D eigenvalue weighted by atomic mass is 16.3. The molecular formula is C16H21N3O. The summed E-state index contributed by atoms with van der Waals surface area (Å²) < 4.78 is 0. The van der Waals surface area contributed by atoms with Crippen LogP contribution in [0.4, 0.5) is 0 Å². The molecule has 3 unspecified atom stereocenters. The molecule has 0 saturated carbocycles. The van der Waals surface area contributed by atoms with Gasteiger partial charge >= 0.3 is 0 Å². The lowest BCUT2D eigenvalue weighted by atomic mass is 9.97. The van der Waals surface area contributed by atoms with Crippen molar-refractivity contribution in [1.29, 1.82) is 0 Å². The van der Waals surface area contributed by atoms with Crippen LogP contribution in [0.2, 0.25) is 0 Å². The monoisotopic (exact) mass is 271 g/mol. The lowest BCUT2D eigenvalue weighted by molar-refractivity contribution is 0.422. The van der Waals surface area contributed by atoms with Gasteiger partial charge in [0.1, 0.15) is 5.75 Å². The highest BCUT2D eigenvalue weighted by Gasteiger charge is 2.32. The minimum Gasteiger partial charge on any atom is -0.508 e. The number of aromatic nitrogens is 2. The molecule has 0 radical (unpaired) electrons. The van der Waals surface area contributed by atoms with Crippen LogP contribution in [0.1, 0.15) is 60.5 Å². The lowest BCUT2D eigenvalue weighted by Gasteiger charge is -2.20. The largest absolute Gasteiger partial charge is 0.508 e. The number of hydrogen-bond acceptors (Lipinski definition) is 3. The Morgan fingerprint density at radius 1 is 1.40 bits per heavy atom. The zero-order valence-corrected chi connectivity index (χ0v) is 12.1. The second-order valence-corrected chi connectivity index (χ2v) is 5.84. The highest BCUT2D eigenvalue weighted by molar-refractivity contribution is 5.51. The van der Waals surface area contributed by atoms with Crippen molar-refractivity contribution in [2.45, 2.75) is 45.2 Å². The standard InChI is InChI=1S/C16H21N3O/c1-9-4-5-14(20)16-13(6-10(2)15(9)16)19-11(3)12-7-17-18-8-12/h4-5,7-8,10-11,13,19-20H,6H2,1-3H3,(H,17,18). The Kier molecular flexibility index (Phi) is 3.26. The molecule has 3 atom stereocenters. The first-order valence-corrected chi connectivity index (χ1v) is 7.15. The number of aromatic amines is 1. The fourth-order valence-corrected chi connectivity index (χ4v) is 3.39. The van der Waals surface area contributed by atoms with Gasteiger partial charge in [0.15, 0.2) is 0 Å². The van der Waals surface area contributed by atoms with Crippen molar-refractivity contribution in [1.82, 2.24) is 15.5 Å². The maximum atomic E-state index is 10.2. The van der Waals surface area contributed by atoms with E-state index in [4.69, 9.17) is 0 Å². The number of H-pyrrole nitrogens is 1. The fraction of sp³-hybridized carbons (Fsp3) is 0.438. The molecule has 1 heterocycles. The second kappa shape index (κ2) is 4.94. The predicted octanol–water partition coefficient (Wildman–Crippen LogP) is 3.32. The number of rotatable bonds is 3. The van der Waals surface area contributed by atoms with Crippen LogP contribution in [-0.2, 0) is 0 Å². The first kappa shape index (κ1) is 13.2. The van der Waals surface area contributed by atoms with Crippen molar-refractivity contribution in [2.24, 2.45) is 0 Å². The molecule has 4 nitrogen and oxygen atoms in total. The van der Waals surface area contributed by atoms with E-state index in [1.165, 1.54) is 11.1 Å². The number of nitrogens with one attached hydrogen (secondary N) is 2. The van der Waals surface area contributed by atoms with Crippen LogP contribution >= 0.6 is 0 Å². The summed E-state index contributed by atoms with van der Waals surface area (Å²) in [6.07, 6.45) is 4.77. The highest BCUT2D eigenvalue weighted by Crippen LogP contribution is 2.46. The molecule has 0 amide bonds. The number of aryl methyl sites for hydroxylation is 1. The molecule has 20 heavy (non-hydrogen) atoms. The van der Waals surface area contributed by atoms with Crippen molar-refractivity contribution in [3.8, 4) is 5.75 Å². The molecule has 1 aliphatic carbocycles. The van der Waals surface area contributed by atoms with Crippen molar-refractivity contribution >= 4 is 0 Å². The molecule has 0 fully saturated rings. The minimum atomic E-state index is 0.199. The number of phenols is 1. The smallest absolute Gasteiger partial charge is 0.120 e. The van der Waals surface area contributed by atoms with Crippen LogP contribution in [-0.4, -0.2) is 15.3 Å². The summed E-state index contributed by atoms with van der Waals surface area (Å²) in [6, 6.07) is 4.22. The summed E-state index contributed by atoms with van der Waals surface area (Å²) in [7, 11) is 0. The van der Waals surface area contributed by atoms with Gasteiger partial charge < -0.3 is 10.4 Å². The topological polar surface area (TPSA) is 60.9 Å². The minimum absolute atomic E-state index is 0.199. The molecule has 1 aliphatic rings. The van der Waals surface area contributed by atoms with Gasteiger partial charge in [-0.15, -0.1) is 0 Å². The molecule has 4 heteroatoms. The molecule has 1 aromatic heterocycles. The van der Waals surface area contributed by atoms with E-state index in [1.54, 1.807) is 0 Å². The SMILES string of the molecule is Cc1ccc(O)c2c1C(C)CC2NC(C)c1cn[nH]c1. The van der Waals surface area contributed by atoms with Crippen LogP contribution in [0, 0.1) is 6.92 Å². The van der Waals surface area contributed by atoms with Crippen molar-refractivity contribution in [2.75, 3.05) is 0 Å².